The van der Waals surface area contributed by atoms with E-state index < -0.39 is 0 Å². The van der Waals surface area contributed by atoms with Gasteiger partial charge >= 0.3 is 0 Å². The van der Waals surface area contributed by atoms with Gasteiger partial charge in [0.2, 0.25) is 0 Å². The maximum Gasteiger partial charge on any atom is 0.188 e. The van der Waals surface area contributed by atoms with Gasteiger partial charge in [0.05, 0.1) is 12.6 Å². The second-order valence-corrected chi connectivity index (χ2v) is 6.68. The van der Waals surface area contributed by atoms with E-state index >= 15 is 0 Å². The van der Waals surface area contributed by atoms with Crippen LogP contribution in [-0.2, 0) is 0 Å². The molecule has 148 valence electrons. The maximum absolute atomic E-state index is 6.15. The van der Waals surface area contributed by atoms with Gasteiger partial charge in [-0.25, -0.2) is 0 Å². The largest absolute Gasteiger partial charge is 0.370 e. The number of halogens is 1. The molecule has 0 aromatic heterocycles. The molecule has 2 atom stereocenters. The molecule has 1 aromatic carbocycles. The summed E-state index contributed by atoms with van der Waals surface area (Å²) in [7, 11) is 0. The first kappa shape index (κ1) is 23.2. The Morgan fingerprint density at radius 1 is 1.27 bits per heavy atom. The Morgan fingerprint density at radius 2 is 1.96 bits per heavy atom. The minimum atomic E-state index is 0. The first-order valence-electron chi connectivity index (χ1n) is 9.76. The normalized spacial score (nSPS) is 19.4. The van der Waals surface area contributed by atoms with Crippen molar-refractivity contribution in [1.29, 1.82) is 0 Å². The van der Waals surface area contributed by atoms with Gasteiger partial charge in [-0.3, -0.25) is 14.8 Å². The molecule has 1 fully saturated rings. The standard InChI is InChI=1S/C20H35N5.HI/c1-4-24(5-2)19(17-11-8-7-9-12-17)16-23-20(21)22-15-18-13-10-14-25(18)6-3;/h7-9,11-12,18-19H,4-6,10,13-16H2,1-3H3,(H3,21,22,23);1H. The summed E-state index contributed by atoms with van der Waals surface area (Å²) in [5.41, 5.74) is 7.45. The second kappa shape index (κ2) is 12.5. The number of aliphatic imine (C=N–C) groups is 1. The third-order valence-corrected chi connectivity index (χ3v) is 5.30. The van der Waals surface area contributed by atoms with Crippen molar-refractivity contribution in [2.45, 2.75) is 45.7 Å². The molecule has 0 spiro atoms. The maximum atomic E-state index is 6.15. The molecule has 1 heterocycles. The number of likely N-dealkylation sites (N-methyl/N-ethyl adjacent to an activating group) is 2. The van der Waals surface area contributed by atoms with Gasteiger partial charge in [0, 0.05) is 12.6 Å². The number of nitrogens with two attached hydrogens (primary N) is 1. The van der Waals surface area contributed by atoms with Crippen LogP contribution in [0.4, 0.5) is 0 Å². The topological polar surface area (TPSA) is 56.9 Å². The summed E-state index contributed by atoms with van der Waals surface area (Å²) in [5, 5.41) is 3.34. The third kappa shape index (κ3) is 6.70. The van der Waals surface area contributed by atoms with E-state index in [2.05, 4.69) is 71.2 Å². The van der Waals surface area contributed by atoms with Crippen molar-refractivity contribution in [3.05, 3.63) is 35.9 Å². The van der Waals surface area contributed by atoms with Crippen molar-refractivity contribution >= 4 is 29.9 Å². The summed E-state index contributed by atoms with van der Waals surface area (Å²) >= 11 is 0. The van der Waals surface area contributed by atoms with Crippen molar-refractivity contribution in [2.75, 3.05) is 39.3 Å². The van der Waals surface area contributed by atoms with Crippen LogP contribution >= 0.6 is 24.0 Å². The number of likely N-dealkylation sites (tertiary alicyclic amines) is 1. The molecule has 1 aliphatic heterocycles. The highest BCUT2D eigenvalue weighted by atomic mass is 127. The molecule has 6 heteroatoms. The second-order valence-electron chi connectivity index (χ2n) is 6.68. The van der Waals surface area contributed by atoms with E-state index in [0.29, 0.717) is 18.5 Å². The van der Waals surface area contributed by atoms with Gasteiger partial charge in [-0.05, 0) is 44.6 Å². The van der Waals surface area contributed by atoms with Gasteiger partial charge in [-0.2, -0.15) is 0 Å². The van der Waals surface area contributed by atoms with Crippen LogP contribution in [0.1, 0.15) is 45.2 Å². The molecule has 0 bridgehead atoms. The number of rotatable bonds is 9. The van der Waals surface area contributed by atoms with Crippen molar-refractivity contribution in [3.63, 3.8) is 0 Å². The van der Waals surface area contributed by atoms with Crippen LogP contribution in [0, 0.1) is 0 Å². The van der Waals surface area contributed by atoms with Gasteiger partial charge in [-0.1, -0.05) is 51.1 Å². The first-order chi connectivity index (χ1) is 12.2. The number of nitrogens with zero attached hydrogens (tertiary/aromatic N) is 3. The molecule has 0 aliphatic carbocycles. The molecule has 26 heavy (non-hydrogen) atoms. The SMILES string of the molecule is CCN1CCCC1CNC(N)=NCC(c1ccccc1)N(CC)CC.I. The predicted molar refractivity (Wildman–Crippen MR) is 122 cm³/mol. The Kier molecular flexibility index (Phi) is 11.2. The molecule has 0 amide bonds. The van der Waals surface area contributed by atoms with Crippen LogP contribution in [0.25, 0.3) is 0 Å². The molecule has 0 radical (unpaired) electrons. The number of nitrogens with one attached hydrogen (secondary N) is 1. The van der Waals surface area contributed by atoms with Crippen molar-refractivity contribution < 1.29 is 0 Å². The van der Waals surface area contributed by atoms with Gasteiger partial charge in [0.1, 0.15) is 0 Å². The fraction of sp³-hybridized carbons (Fsp3) is 0.650. The van der Waals surface area contributed by atoms with Gasteiger partial charge in [0.25, 0.3) is 0 Å². The first-order valence-corrected chi connectivity index (χ1v) is 9.76. The molecule has 0 saturated carbocycles. The molecular weight excluding hydrogens is 437 g/mol. The van der Waals surface area contributed by atoms with E-state index in [0.717, 1.165) is 26.2 Å². The highest BCUT2D eigenvalue weighted by Gasteiger charge is 2.22. The lowest BCUT2D eigenvalue weighted by Gasteiger charge is -2.29. The lowest BCUT2D eigenvalue weighted by atomic mass is 10.1. The van der Waals surface area contributed by atoms with E-state index in [1.807, 2.05) is 0 Å². The van der Waals surface area contributed by atoms with Crippen molar-refractivity contribution in [1.82, 2.24) is 15.1 Å². The Labute approximate surface area is 176 Å². The van der Waals surface area contributed by atoms with Crippen LogP contribution in [0.15, 0.2) is 35.3 Å². The Morgan fingerprint density at radius 3 is 2.58 bits per heavy atom. The molecule has 5 nitrogen and oxygen atoms in total. The zero-order valence-corrected chi connectivity index (χ0v) is 18.9. The van der Waals surface area contributed by atoms with E-state index in [1.165, 1.54) is 24.9 Å². The molecule has 2 unspecified atom stereocenters. The van der Waals surface area contributed by atoms with E-state index in [-0.39, 0.29) is 30.0 Å². The van der Waals surface area contributed by atoms with E-state index in [4.69, 9.17) is 5.73 Å². The van der Waals surface area contributed by atoms with Gasteiger partial charge in [-0.15, -0.1) is 24.0 Å². The van der Waals surface area contributed by atoms with Crippen molar-refractivity contribution in [3.8, 4) is 0 Å². The summed E-state index contributed by atoms with van der Waals surface area (Å²) in [6.45, 7) is 12.5. The molecule has 1 aromatic rings. The van der Waals surface area contributed by atoms with Gasteiger partial charge in [0.15, 0.2) is 5.96 Å². The summed E-state index contributed by atoms with van der Waals surface area (Å²) in [5.74, 6) is 0.566. The fourth-order valence-electron chi connectivity index (χ4n) is 3.78. The lowest BCUT2D eigenvalue weighted by molar-refractivity contribution is 0.224. The molecule has 3 N–H and O–H groups in total. The predicted octanol–water partition coefficient (Wildman–Crippen LogP) is 3.08. The third-order valence-electron chi connectivity index (χ3n) is 5.30. The van der Waals surface area contributed by atoms with Crippen LogP contribution in [0.3, 0.4) is 0 Å². The Hall–Kier alpha value is -0.860. The Balaban J connectivity index is 0.00000338. The summed E-state index contributed by atoms with van der Waals surface area (Å²) in [6, 6.07) is 11.5. The van der Waals surface area contributed by atoms with Crippen LogP contribution < -0.4 is 11.1 Å². The van der Waals surface area contributed by atoms with Crippen LogP contribution in [-0.4, -0.2) is 61.1 Å². The highest BCUT2D eigenvalue weighted by Crippen LogP contribution is 2.20. The summed E-state index contributed by atoms with van der Waals surface area (Å²) in [4.78, 5) is 9.60. The van der Waals surface area contributed by atoms with E-state index in [1.54, 1.807) is 0 Å². The molecule has 1 saturated heterocycles. The highest BCUT2D eigenvalue weighted by molar-refractivity contribution is 14.0. The average Bonchev–Trinajstić information content (AvgIpc) is 3.11. The Bertz CT molecular complexity index is 518. The number of guanidine groups is 1. The zero-order chi connectivity index (χ0) is 18.1. The number of benzene rings is 1. The van der Waals surface area contributed by atoms with Crippen LogP contribution in [0.5, 0.6) is 0 Å². The zero-order valence-electron chi connectivity index (χ0n) is 16.5. The average molecular weight is 473 g/mol. The quantitative estimate of drug-likeness (QED) is 0.329. The smallest absolute Gasteiger partial charge is 0.188 e. The van der Waals surface area contributed by atoms with Crippen LogP contribution in [0.2, 0.25) is 0 Å². The minimum absolute atomic E-state index is 0. The summed E-state index contributed by atoms with van der Waals surface area (Å²) in [6.07, 6.45) is 2.54. The van der Waals surface area contributed by atoms with Crippen molar-refractivity contribution in [2.24, 2.45) is 10.7 Å². The lowest BCUT2D eigenvalue weighted by Crippen LogP contribution is -2.43. The van der Waals surface area contributed by atoms with Gasteiger partial charge < -0.3 is 11.1 Å². The monoisotopic (exact) mass is 473 g/mol. The number of hydrogen-bond acceptors (Lipinski definition) is 3. The summed E-state index contributed by atoms with van der Waals surface area (Å²) < 4.78 is 0. The minimum Gasteiger partial charge on any atom is -0.370 e. The fourth-order valence-corrected chi connectivity index (χ4v) is 3.78. The molecule has 1 aliphatic rings. The molecular formula is C20H36IN5. The number of hydrogen-bond donors (Lipinski definition) is 2. The van der Waals surface area contributed by atoms with E-state index in [9.17, 15) is 0 Å². The molecule has 2 rings (SSSR count).